The van der Waals surface area contributed by atoms with Gasteiger partial charge in [0.1, 0.15) is 29.2 Å². The van der Waals surface area contributed by atoms with E-state index in [1.54, 1.807) is 13.8 Å². The molecule has 8 heteroatoms. The monoisotopic (exact) mass is 357 g/mol. The number of fused-ring (bicyclic) bond motifs is 1. The molecule has 3 aliphatic heterocycles. The molecule has 3 saturated heterocycles. The largest absolute Gasteiger partial charge is 0.489 e. The molecule has 3 aliphatic rings. The van der Waals surface area contributed by atoms with Crippen LogP contribution in [0.3, 0.4) is 0 Å². The minimum absolute atomic E-state index is 0.0716. The molecule has 6 atom stereocenters. The van der Waals surface area contributed by atoms with Crippen molar-refractivity contribution in [2.45, 2.75) is 56.4 Å². The van der Waals surface area contributed by atoms with Crippen LogP contribution >= 0.6 is 0 Å². The van der Waals surface area contributed by atoms with Gasteiger partial charge < -0.3 is 14.8 Å². The molecular formula is C16H23NO6S. The smallest absolute Gasteiger partial charge is 0.277 e. The maximum absolute atomic E-state index is 12.4. The average molecular weight is 357 g/mol. The standard InChI is InChI=1S/C16H23NO6S/c1-8(2)14(18)17-7-9(3)21-12-11-13-16(6,23-24(11,19)20)10(4)15(12,5)22-13/h10-13H,1,3,7H2,2,4-6H3,(H,17,18). The van der Waals surface area contributed by atoms with Crippen LogP contribution in [0.25, 0.3) is 0 Å². The zero-order chi connectivity index (χ0) is 18.1. The number of rotatable bonds is 5. The molecule has 0 radical (unpaired) electrons. The molecule has 0 aromatic heterocycles. The lowest BCUT2D eigenvalue weighted by molar-refractivity contribution is -0.117. The number of hydrogen-bond donors (Lipinski definition) is 1. The molecule has 0 aromatic rings. The number of amides is 1. The van der Waals surface area contributed by atoms with Crippen molar-refractivity contribution in [3.05, 3.63) is 24.5 Å². The van der Waals surface area contributed by atoms with Crippen molar-refractivity contribution in [2.24, 2.45) is 5.92 Å². The van der Waals surface area contributed by atoms with Gasteiger partial charge >= 0.3 is 0 Å². The zero-order valence-electron chi connectivity index (χ0n) is 14.3. The molecule has 7 nitrogen and oxygen atoms in total. The van der Waals surface area contributed by atoms with Gasteiger partial charge in [0.25, 0.3) is 10.1 Å². The normalized spacial score (nSPS) is 44.3. The van der Waals surface area contributed by atoms with Gasteiger partial charge in [-0.2, -0.15) is 8.42 Å². The lowest BCUT2D eigenvalue weighted by atomic mass is 9.69. The molecular weight excluding hydrogens is 334 g/mol. The Morgan fingerprint density at radius 3 is 2.50 bits per heavy atom. The van der Waals surface area contributed by atoms with E-state index in [0.29, 0.717) is 5.57 Å². The fraction of sp³-hybridized carbons (Fsp3) is 0.688. The molecule has 1 N–H and O–H groups in total. The van der Waals surface area contributed by atoms with Crippen LogP contribution in [0.1, 0.15) is 27.7 Å². The lowest BCUT2D eigenvalue weighted by Crippen LogP contribution is -2.56. The van der Waals surface area contributed by atoms with Crippen molar-refractivity contribution in [3.8, 4) is 0 Å². The SMILES string of the molecule is C=C(CNC(=O)C(=C)C)OC1C2C3OC1(C)C(C)C3(C)OS2(=O)=O. The third kappa shape index (κ3) is 2.16. The third-order valence-electron chi connectivity index (χ3n) is 5.58. The molecule has 0 saturated carbocycles. The van der Waals surface area contributed by atoms with Gasteiger partial charge in [-0.15, -0.1) is 0 Å². The maximum Gasteiger partial charge on any atom is 0.277 e. The highest BCUT2D eigenvalue weighted by molar-refractivity contribution is 7.87. The van der Waals surface area contributed by atoms with E-state index in [1.807, 2.05) is 13.8 Å². The van der Waals surface area contributed by atoms with Crippen LogP contribution in [-0.4, -0.2) is 49.5 Å². The molecule has 3 rings (SSSR count). The molecule has 1 amide bonds. The Kier molecular flexibility index (Phi) is 3.68. The Bertz CT molecular complexity index is 731. The summed E-state index contributed by atoms with van der Waals surface area (Å²) in [6.07, 6.45) is -1.29. The predicted octanol–water partition coefficient (Wildman–Crippen LogP) is 0.872. The van der Waals surface area contributed by atoms with Crippen molar-refractivity contribution < 1.29 is 26.9 Å². The first-order valence-electron chi connectivity index (χ1n) is 7.84. The molecule has 24 heavy (non-hydrogen) atoms. The highest BCUT2D eigenvalue weighted by atomic mass is 32.2. The second-order valence-corrected chi connectivity index (χ2v) is 8.91. The number of ether oxygens (including phenoxy) is 2. The van der Waals surface area contributed by atoms with E-state index in [9.17, 15) is 13.2 Å². The summed E-state index contributed by atoms with van der Waals surface area (Å²) in [6.45, 7) is 14.5. The van der Waals surface area contributed by atoms with Gasteiger partial charge in [-0.3, -0.25) is 8.98 Å². The van der Waals surface area contributed by atoms with Crippen LogP contribution in [0.4, 0.5) is 0 Å². The van der Waals surface area contributed by atoms with Crippen LogP contribution in [0.15, 0.2) is 24.5 Å². The Morgan fingerprint density at radius 2 is 1.92 bits per heavy atom. The molecule has 0 spiro atoms. The van der Waals surface area contributed by atoms with E-state index in [-0.39, 0.29) is 24.1 Å². The van der Waals surface area contributed by atoms with Gasteiger partial charge in [0.15, 0.2) is 5.25 Å². The molecule has 3 heterocycles. The molecule has 0 aliphatic carbocycles. The van der Waals surface area contributed by atoms with Gasteiger partial charge in [0, 0.05) is 11.5 Å². The van der Waals surface area contributed by atoms with Crippen LogP contribution in [-0.2, 0) is 28.6 Å². The van der Waals surface area contributed by atoms with E-state index in [4.69, 9.17) is 13.7 Å². The molecule has 3 fully saturated rings. The fourth-order valence-electron chi connectivity index (χ4n) is 3.96. The first kappa shape index (κ1) is 17.4. The quantitative estimate of drug-likeness (QED) is 0.446. The second-order valence-electron chi connectivity index (χ2n) is 7.21. The molecule has 0 aromatic carbocycles. The topological polar surface area (TPSA) is 90.9 Å². The van der Waals surface area contributed by atoms with Crippen LogP contribution in [0, 0.1) is 5.92 Å². The third-order valence-corrected chi connectivity index (χ3v) is 7.34. The van der Waals surface area contributed by atoms with Gasteiger partial charge in [-0.1, -0.05) is 20.1 Å². The van der Waals surface area contributed by atoms with Crippen molar-refractivity contribution in [1.29, 1.82) is 0 Å². The summed E-state index contributed by atoms with van der Waals surface area (Å²) in [4.78, 5) is 11.6. The summed E-state index contributed by atoms with van der Waals surface area (Å²) in [5, 5.41) is 1.72. The lowest BCUT2D eigenvalue weighted by Gasteiger charge is -2.38. The second kappa shape index (κ2) is 5.06. The van der Waals surface area contributed by atoms with E-state index in [0.717, 1.165) is 0 Å². The first-order chi connectivity index (χ1) is 10.9. The van der Waals surface area contributed by atoms with Crippen molar-refractivity contribution in [2.75, 3.05) is 6.54 Å². The molecule has 6 unspecified atom stereocenters. The minimum atomic E-state index is -3.79. The zero-order valence-corrected chi connectivity index (χ0v) is 15.1. The Morgan fingerprint density at radius 1 is 1.29 bits per heavy atom. The minimum Gasteiger partial charge on any atom is -0.489 e. The van der Waals surface area contributed by atoms with Crippen LogP contribution in [0.5, 0.6) is 0 Å². The Labute approximate surface area is 142 Å². The highest BCUT2D eigenvalue weighted by Gasteiger charge is 2.80. The van der Waals surface area contributed by atoms with Crippen molar-refractivity contribution >= 4 is 16.0 Å². The Balaban J connectivity index is 1.78. The van der Waals surface area contributed by atoms with Gasteiger partial charge in [-0.25, -0.2) is 0 Å². The van der Waals surface area contributed by atoms with Crippen LogP contribution < -0.4 is 5.32 Å². The van der Waals surface area contributed by atoms with Gasteiger partial charge in [-0.05, 0) is 20.8 Å². The van der Waals surface area contributed by atoms with E-state index < -0.39 is 38.8 Å². The molecule has 134 valence electrons. The molecule has 2 bridgehead atoms. The number of carbonyl (C=O) groups excluding carboxylic acids is 1. The van der Waals surface area contributed by atoms with Crippen molar-refractivity contribution in [3.63, 3.8) is 0 Å². The number of hydrogen-bond acceptors (Lipinski definition) is 6. The summed E-state index contributed by atoms with van der Waals surface area (Å²) in [7, 11) is -3.79. The summed E-state index contributed by atoms with van der Waals surface area (Å²) in [5.41, 5.74) is -1.29. The van der Waals surface area contributed by atoms with Crippen LogP contribution in [0.2, 0.25) is 0 Å². The van der Waals surface area contributed by atoms with E-state index >= 15 is 0 Å². The van der Waals surface area contributed by atoms with E-state index in [2.05, 4.69) is 18.5 Å². The van der Waals surface area contributed by atoms with E-state index in [1.165, 1.54) is 0 Å². The highest BCUT2D eigenvalue weighted by Crippen LogP contribution is 2.62. The summed E-state index contributed by atoms with van der Waals surface area (Å²) in [6, 6.07) is 0. The average Bonchev–Trinajstić information content (AvgIpc) is 2.93. The van der Waals surface area contributed by atoms with Gasteiger partial charge in [0.05, 0.1) is 6.54 Å². The first-order valence-corrected chi connectivity index (χ1v) is 9.31. The summed E-state index contributed by atoms with van der Waals surface area (Å²) in [5.74, 6) is -0.220. The predicted molar refractivity (Wildman–Crippen MR) is 86.5 cm³/mol. The maximum atomic E-state index is 12.4. The van der Waals surface area contributed by atoms with Gasteiger partial charge in [0.2, 0.25) is 5.91 Å². The fourth-order valence-corrected chi connectivity index (χ4v) is 6.07. The number of carbonyl (C=O) groups is 1. The number of nitrogens with one attached hydrogen (secondary N) is 1. The summed E-state index contributed by atoms with van der Waals surface area (Å²) < 4.78 is 42.1. The Hall–Kier alpha value is -1.38. The van der Waals surface area contributed by atoms with Crippen molar-refractivity contribution in [1.82, 2.24) is 5.32 Å². The summed E-state index contributed by atoms with van der Waals surface area (Å²) >= 11 is 0.